The average molecular weight is 553 g/mol. The molecule has 1 N–H and O–H groups in total. The molecule has 0 atom stereocenters. The molecule has 0 saturated heterocycles. The highest BCUT2D eigenvalue weighted by Crippen LogP contribution is 2.33. The molecule has 0 fully saturated rings. The molecule has 1 aliphatic heterocycles. The van der Waals surface area contributed by atoms with Crippen molar-refractivity contribution in [1.29, 1.82) is 0 Å². The summed E-state index contributed by atoms with van der Waals surface area (Å²) in [5.74, 6) is -3.64. The summed E-state index contributed by atoms with van der Waals surface area (Å²) in [5, 5.41) is 5.60. The predicted molar refractivity (Wildman–Crippen MR) is 118 cm³/mol. The molecule has 0 bridgehead atoms. The van der Waals surface area contributed by atoms with E-state index in [0.717, 1.165) is 18.2 Å². The van der Waals surface area contributed by atoms with Crippen molar-refractivity contribution >= 4 is 34.8 Å². The molecule has 0 saturated carbocycles. The fourth-order valence-corrected chi connectivity index (χ4v) is 3.97. The first-order valence-corrected chi connectivity index (χ1v) is 11.0. The van der Waals surface area contributed by atoms with Crippen molar-refractivity contribution in [2.24, 2.45) is 0 Å². The van der Waals surface area contributed by atoms with Gasteiger partial charge < -0.3 is 14.8 Å². The highest BCUT2D eigenvalue weighted by molar-refractivity contribution is 6.40. The summed E-state index contributed by atoms with van der Waals surface area (Å²) in [7, 11) is 0. The molecule has 2 aromatic carbocycles. The van der Waals surface area contributed by atoms with E-state index >= 15 is 4.39 Å². The van der Waals surface area contributed by atoms with E-state index in [1.807, 2.05) is 0 Å². The number of benzene rings is 2. The molecular formula is C21H15Cl2F5N4O4. The minimum atomic E-state index is -4.80. The van der Waals surface area contributed by atoms with Crippen LogP contribution in [0.1, 0.15) is 22.6 Å². The first-order chi connectivity index (χ1) is 16.9. The van der Waals surface area contributed by atoms with Crippen molar-refractivity contribution in [2.75, 3.05) is 18.5 Å². The number of hydrogen-bond donors (Lipinski definition) is 1. The van der Waals surface area contributed by atoms with E-state index in [9.17, 15) is 27.2 Å². The van der Waals surface area contributed by atoms with Crippen molar-refractivity contribution in [2.45, 2.75) is 25.7 Å². The summed E-state index contributed by atoms with van der Waals surface area (Å²) in [6.07, 6.45) is -4.31. The van der Waals surface area contributed by atoms with E-state index in [2.05, 4.69) is 10.4 Å². The van der Waals surface area contributed by atoms with Gasteiger partial charge in [0.05, 0.1) is 21.3 Å². The van der Waals surface area contributed by atoms with E-state index in [1.165, 1.54) is 4.57 Å². The van der Waals surface area contributed by atoms with Crippen molar-refractivity contribution in [3.05, 3.63) is 67.8 Å². The number of rotatable bonds is 5. The molecule has 0 unspecified atom stereocenters. The van der Waals surface area contributed by atoms with Gasteiger partial charge >= 0.3 is 11.9 Å². The predicted octanol–water partition coefficient (Wildman–Crippen LogP) is 4.73. The summed E-state index contributed by atoms with van der Waals surface area (Å²) in [6, 6.07) is 3.01. The lowest BCUT2D eigenvalue weighted by molar-refractivity contribution is -0.153. The molecule has 8 nitrogen and oxygen atoms in total. The number of anilines is 1. The molecule has 1 aliphatic rings. The third kappa shape index (κ3) is 5.47. The van der Waals surface area contributed by atoms with Gasteiger partial charge in [0.2, 0.25) is 0 Å². The Morgan fingerprint density at radius 3 is 2.53 bits per heavy atom. The van der Waals surface area contributed by atoms with Crippen LogP contribution in [0.2, 0.25) is 10.0 Å². The molecule has 4 rings (SSSR count). The first-order valence-electron chi connectivity index (χ1n) is 10.2. The lowest BCUT2D eigenvalue weighted by Gasteiger charge is -2.16. The lowest BCUT2D eigenvalue weighted by Crippen LogP contribution is -2.26. The maximum absolute atomic E-state index is 15.1. The highest BCUT2D eigenvalue weighted by atomic mass is 35.5. The van der Waals surface area contributed by atoms with Gasteiger partial charge in [-0.3, -0.25) is 9.36 Å². The zero-order chi connectivity index (χ0) is 26.2. The van der Waals surface area contributed by atoms with Crippen LogP contribution in [-0.4, -0.2) is 39.6 Å². The van der Waals surface area contributed by atoms with Gasteiger partial charge in [0.15, 0.2) is 12.4 Å². The third-order valence-corrected chi connectivity index (χ3v) is 5.60. The lowest BCUT2D eigenvalue weighted by atomic mass is 10.1. The molecule has 1 amide bonds. The fourth-order valence-electron chi connectivity index (χ4n) is 3.42. The largest absolute Gasteiger partial charge is 0.483 e. The number of nitrogens with one attached hydrogen (secondary N) is 1. The Kier molecular flexibility index (Phi) is 7.25. The zero-order valence-corrected chi connectivity index (χ0v) is 19.5. The minimum absolute atomic E-state index is 0.0268. The maximum Gasteiger partial charge on any atom is 0.422 e. The molecule has 0 spiro atoms. The second-order valence-electron chi connectivity index (χ2n) is 7.57. The van der Waals surface area contributed by atoms with E-state index in [0.29, 0.717) is 23.8 Å². The van der Waals surface area contributed by atoms with Gasteiger partial charge in [-0.2, -0.15) is 17.9 Å². The van der Waals surface area contributed by atoms with Gasteiger partial charge in [-0.05, 0) is 24.6 Å². The molecule has 0 radical (unpaired) electrons. The van der Waals surface area contributed by atoms with Gasteiger partial charge in [-0.1, -0.05) is 23.2 Å². The number of carbonyl (C=O) groups is 1. The van der Waals surface area contributed by atoms with E-state index in [-0.39, 0.29) is 34.7 Å². The topological polar surface area (TPSA) is 87.4 Å². The van der Waals surface area contributed by atoms with Crippen LogP contribution >= 0.6 is 23.2 Å². The number of hydrogen-bond acceptors (Lipinski definition) is 5. The number of alkyl halides is 3. The number of nitrogens with zero attached hydrogens (tertiary/aromatic N) is 3. The molecule has 192 valence electrons. The molecular weight excluding hydrogens is 538 g/mol. The molecule has 15 heteroatoms. The number of halogens is 7. The number of ether oxygens (including phenoxy) is 2. The first kappa shape index (κ1) is 25.9. The highest BCUT2D eigenvalue weighted by Gasteiger charge is 2.30. The molecule has 0 aliphatic carbocycles. The SMILES string of the molecule is O=C(Nc1c(Cl)cc(F)cc1Cl)c1cc(F)c(-n2nc3n(c2=O)CCCOC3)cc1OCC(F)(F)F. The van der Waals surface area contributed by atoms with E-state index in [1.54, 1.807) is 0 Å². The number of fused-ring (bicyclic) bond motifs is 1. The van der Waals surface area contributed by atoms with Crippen LogP contribution in [0.5, 0.6) is 5.75 Å². The zero-order valence-electron chi connectivity index (χ0n) is 18.0. The van der Waals surface area contributed by atoms with Crippen LogP contribution in [0.25, 0.3) is 5.69 Å². The monoisotopic (exact) mass is 552 g/mol. The van der Waals surface area contributed by atoms with Gasteiger partial charge in [0.1, 0.15) is 29.7 Å². The Morgan fingerprint density at radius 2 is 1.86 bits per heavy atom. The Bertz CT molecular complexity index is 1370. The molecule has 3 aromatic rings. The van der Waals surface area contributed by atoms with E-state index in [4.69, 9.17) is 32.7 Å². The van der Waals surface area contributed by atoms with Crippen molar-refractivity contribution in [1.82, 2.24) is 14.3 Å². The summed E-state index contributed by atoms with van der Waals surface area (Å²) >= 11 is 11.8. The Balaban J connectivity index is 1.77. The van der Waals surface area contributed by atoms with Crippen LogP contribution in [0.3, 0.4) is 0 Å². The summed E-state index contributed by atoms with van der Waals surface area (Å²) in [5.41, 5.74) is -2.23. The minimum Gasteiger partial charge on any atom is -0.483 e. The summed E-state index contributed by atoms with van der Waals surface area (Å²) in [6.45, 7) is -1.22. The Hall–Kier alpha value is -3.16. The molecule has 1 aromatic heterocycles. The second-order valence-corrected chi connectivity index (χ2v) is 8.38. The second kappa shape index (κ2) is 10.1. The van der Waals surface area contributed by atoms with Crippen LogP contribution in [0, 0.1) is 11.6 Å². The van der Waals surface area contributed by atoms with Crippen LogP contribution in [0.4, 0.5) is 27.6 Å². The summed E-state index contributed by atoms with van der Waals surface area (Å²) in [4.78, 5) is 25.6. The Morgan fingerprint density at radius 1 is 1.17 bits per heavy atom. The Labute approximate surface area is 209 Å². The van der Waals surface area contributed by atoms with Crippen LogP contribution in [-0.2, 0) is 17.9 Å². The van der Waals surface area contributed by atoms with Crippen molar-refractivity contribution in [3.63, 3.8) is 0 Å². The normalized spacial score (nSPS) is 13.8. The van der Waals surface area contributed by atoms with Gasteiger partial charge in [0.25, 0.3) is 5.91 Å². The van der Waals surface area contributed by atoms with Gasteiger partial charge in [-0.15, -0.1) is 5.10 Å². The number of carbonyl (C=O) groups excluding carboxylic acids is 1. The maximum atomic E-state index is 15.1. The quantitative estimate of drug-likeness (QED) is 0.462. The third-order valence-electron chi connectivity index (χ3n) is 5.00. The molecule has 36 heavy (non-hydrogen) atoms. The van der Waals surface area contributed by atoms with Crippen molar-refractivity contribution in [3.8, 4) is 11.4 Å². The van der Waals surface area contributed by atoms with Crippen LogP contribution in [0.15, 0.2) is 29.1 Å². The molecule has 2 heterocycles. The van der Waals surface area contributed by atoms with E-state index < -0.39 is 53.0 Å². The van der Waals surface area contributed by atoms with Crippen molar-refractivity contribution < 1.29 is 36.2 Å². The number of aromatic nitrogens is 3. The van der Waals surface area contributed by atoms with Gasteiger partial charge in [0, 0.05) is 19.2 Å². The fraction of sp³-hybridized carbons (Fsp3) is 0.286. The smallest absolute Gasteiger partial charge is 0.422 e. The van der Waals surface area contributed by atoms with Gasteiger partial charge in [-0.25, -0.2) is 13.6 Å². The summed E-state index contributed by atoms with van der Waals surface area (Å²) < 4.78 is 79.2. The van der Waals surface area contributed by atoms with Crippen LogP contribution < -0.4 is 15.7 Å². The number of amides is 1. The average Bonchev–Trinajstić information content (AvgIpc) is 2.94. The standard InChI is InChI=1S/C21H15Cl2F5N4O4/c22-12-4-10(24)5-13(23)18(12)29-19(33)11-6-14(25)15(7-16(11)36-9-21(26,27)28)32-20(34)31-2-1-3-35-8-17(31)30-32/h4-7H,1-3,8-9H2,(H,29,33).